The van der Waals surface area contributed by atoms with Crippen LogP contribution in [0.15, 0.2) is 66.7 Å². The first-order valence-corrected chi connectivity index (χ1v) is 8.33. The molecule has 3 aromatic rings. The number of hydrogen-bond donors (Lipinski definition) is 1. The van der Waals surface area contributed by atoms with Crippen LogP contribution in [-0.4, -0.2) is 30.0 Å². The summed E-state index contributed by atoms with van der Waals surface area (Å²) >= 11 is 0. The largest absolute Gasteiger partial charge is 0.482 e. The summed E-state index contributed by atoms with van der Waals surface area (Å²) in [6.45, 7) is -0.870. The first-order valence-electron chi connectivity index (χ1n) is 8.33. The van der Waals surface area contributed by atoms with Gasteiger partial charge in [0.25, 0.3) is 11.6 Å². The van der Waals surface area contributed by atoms with E-state index in [-0.39, 0.29) is 11.4 Å². The fraction of sp³-hybridized carbons (Fsp3) is 0.100. The summed E-state index contributed by atoms with van der Waals surface area (Å²) in [6.07, 6.45) is 0. The number of esters is 1. The maximum atomic E-state index is 12.0. The Morgan fingerprint density at radius 1 is 0.929 bits per heavy atom. The molecule has 0 aliphatic heterocycles. The van der Waals surface area contributed by atoms with E-state index in [0.717, 1.165) is 10.8 Å². The zero-order valence-electron chi connectivity index (χ0n) is 14.7. The van der Waals surface area contributed by atoms with Crippen molar-refractivity contribution >= 4 is 34.0 Å². The van der Waals surface area contributed by atoms with Crippen molar-refractivity contribution in [3.05, 3.63) is 76.8 Å². The number of ether oxygens (including phenoxy) is 2. The van der Waals surface area contributed by atoms with Crippen molar-refractivity contribution in [3.8, 4) is 5.75 Å². The van der Waals surface area contributed by atoms with Gasteiger partial charge in [-0.15, -0.1) is 0 Å². The van der Waals surface area contributed by atoms with E-state index in [9.17, 15) is 19.7 Å². The number of amides is 1. The number of hydrogen-bond acceptors (Lipinski definition) is 6. The molecular formula is C20H16N2O6. The highest BCUT2D eigenvalue weighted by Gasteiger charge is 2.11. The van der Waals surface area contributed by atoms with Crippen molar-refractivity contribution in [2.24, 2.45) is 0 Å². The summed E-state index contributed by atoms with van der Waals surface area (Å²) < 4.78 is 10.1. The Kier molecular flexibility index (Phi) is 5.81. The molecule has 0 saturated heterocycles. The average Bonchev–Trinajstić information content (AvgIpc) is 2.71. The Balaban J connectivity index is 1.47. The van der Waals surface area contributed by atoms with Gasteiger partial charge in [-0.3, -0.25) is 14.9 Å². The second kappa shape index (κ2) is 8.63. The van der Waals surface area contributed by atoms with E-state index in [0.29, 0.717) is 5.69 Å². The van der Waals surface area contributed by atoms with Crippen LogP contribution in [0, 0.1) is 10.1 Å². The molecule has 0 bridgehead atoms. The van der Waals surface area contributed by atoms with E-state index in [4.69, 9.17) is 9.47 Å². The number of nitrogens with one attached hydrogen (secondary N) is 1. The van der Waals surface area contributed by atoms with Gasteiger partial charge in [0.15, 0.2) is 13.2 Å². The smallest absolute Gasteiger partial charge is 0.344 e. The summed E-state index contributed by atoms with van der Waals surface area (Å²) in [5.41, 5.74) is 0.543. The Labute approximate surface area is 159 Å². The second-order valence-corrected chi connectivity index (χ2v) is 5.78. The van der Waals surface area contributed by atoms with Crippen molar-refractivity contribution in [1.29, 1.82) is 0 Å². The molecule has 0 saturated carbocycles. The highest BCUT2D eigenvalue weighted by Crippen LogP contribution is 2.22. The molecule has 1 amide bonds. The summed E-state index contributed by atoms with van der Waals surface area (Å²) in [5, 5.41) is 15.2. The molecule has 0 atom stereocenters. The van der Waals surface area contributed by atoms with Crippen molar-refractivity contribution in [2.45, 2.75) is 0 Å². The Bertz CT molecular complexity index is 1010. The zero-order valence-corrected chi connectivity index (χ0v) is 14.7. The van der Waals surface area contributed by atoms with Gasteiger partial charge in [0, 0.05) is 23.2 Å². The molecule has 0 aliphatic carbocycles. The summed E-state index contributed by atoms with van der Waals surface area (Å²) in [7, 11) is 0. The molecule has 3 aromatic carbocycles. The Morgan fingerprint density at radius 3 is 2.39 bits per heavy atom. The van der Waals surface area contributed by atoms with Crippen LogP contribution in [0.4, 0.5) is 11.4 Å². The van der Waals surface area contributed by atoms with E-state index < -0.39 is 30.0 Å². The lowest BCUT2D eigenvalue weighted by molar-refractivity contribution is -0.384. The minimum Gasteiger partial charge on any atom is -0.482 e. The standard InChI is InChI=1S/C20H16N2O6/c23-19(21-18-7-3-5-14-4-1-2-6-17(14)18)12-28-20(24)13-27-16-10-8-15(9-11-16)22(25)26/h1-11H,12-13H2,(H,21,23). The number of carbonyl (C=O) groups is 2. The van der Waals surface area contributed by atoms with Gasteiger partial charge in [0.05, 0.1) is 4.92 Å². The number of nitro benzene ring substituents is 1. The molecule has 28 heavy (non-hydrogen) atoms. The first kappa shape index (κ1) is 18.8. The molecule has 1 N–H and O–H groups in total. The Hall–Kier alpha value is -3.94. The molecule has 0 spiro atoms. The quantitative estimate of drug-likeness (QED) is 0.383. The van der Waals surface area contributed by atoms with Crippen LogP contribution < -0.4 is 10.1 Å². The van der Waals surface area contributed by atoms with Crippen LogP contribution >= 0.6 is 0 Å². The van der Waals surface area contributed by atoms with Crippen molar-refractivity contribution in [1.82, 2.24) is 0 Å². The van der Waals surface area contributed by atoms with Gasteiger partial charge >= 0.3 is 5.97 Å². The predicted octanol–water partition coefficient (Wildman–Crippen LogP) is 3.31. The van der Waals surface area contributed by atoms with Gasteiger partial charge in [0.1, 0.15) is 5.75 Å². The van der Waals surface area contributed by atoms with E-state index >= 15 is 0 Å². The van der Waals surface area contributed by atoms with Crippen LogP contribution in [0.5, 0.6) is 5.75 Å². The zero-order chi connectivity index (χ0) is 19.9. The number of nitro groups is 1. The van der Waals surface area contributed by atoms with E-state index in [1.807, 2.05) is 36.4 Å². The minimum absolute atomic E-state index is 0.0833. The molecule has 0 heterocycles. The predicted molar refractivity (Wildman–Crippen MR) is 102 cm³/mol. The summed E-state index contributed by atoms with van der Waals surface area (Å²) in [5.74, 6) is -0.922. The fourth-order valence-electron chi connectivity index (χ4n) is 2.51. The summed E-state index contributed by atoms with van der Waals surface area (Å²) in [4.78, 5) is 33.8. The van der Waals surface area contributed by atoms with Crippen LogP contribution in [0.1, 0.15) is 0 Å². The summed E-state index contributed by atoms with van der Waals surface area (Å²) in [6, 6.07) is 18.4. The lowest BCUT2D eigenvalue weighted by Crippen LogP contribution is -2.23. The van der Waals surface area contributed by atoms with Gasteiger partial charge in [-0.1, -0.05) is 36.4 Å². The molecule has 0 fully saturated rings. The molecule has 0 unspecified atom stereocenters. The number of non-ortho nitro benzene ring substituents is 1. The monoisotopic (exact) mass is 380 g/mol. The molecule has 8 heteroatoms. The van der Waals surface area contributed by atoms with Gasteiger partial charge < -0.3 is 14.8 Å². The second-order valence-electron chi connectivity index (χ2n) is 5.78. The minimum atomic E-state index is -0.730. The van der Waals surface area contributed by atoms with Gasteiger partial charge in [-0.05, 0) is 23.6 Å². The van der Waals surface area contributed by atoms with Gasteiger partial charge in [-0.25, -0.2) is 4.79 Å². The van der Waals surface area contributed by atoms with E-state index in [2.05, 4.69) is 5.32 Å². The molecule has 3 rings (SSSR count). The molecule has 142 valence electrons. The number of rotatable bonds is 7. The number of carbonyl (C=O) groups excluding carboxylic acids is 2. The highest BCUT2D eigenvalue weighted by atomic mass is 16.6. The topological polar surface area (TPSA) is 108 Å². The average molecular weight is 380 g/mol. The third kappa shape index (κ3) is 4.82. The molecular weight excluding hydrogens is 364 g/mol. The van der Waals surface area contributed by atoms with Crippen molar-refractivity contribution < 1.29 is 24.0 Å². The molecule has 0 radical (unpaired) electrons. The lowest BCUT2D eigenvalue weighted by atomic mass is 10.1. The van der Waals surface area contributed by atoms with Crippen molar-refractivity contribution in [3.63, 3.8) is 0 Å². The highest BCUT2D eigenvalue weighted by molar-refractivity contribution is 6.02. The fourth-order valence-corrected chi connectivity index (χ4v) is 2.51. The van der Waals surface area contributed by atoms with Gasteiger partial charge in [-0.2, -0.15) is 0 Å². The van der Waals surface area contributed by atoms with Crippen LogP contribution in [0.3, 0.4) is 0 Å². The maximum absolute atomic E-state index is 12.0. The number of anilines is 1. The maximum Gasteiger partial charge on any atom is 0.344 e. The van der Waals surface area contributed by atoms with Crippen molar-refractivity contribution in [2.75, 3.05) is 18.5 Å². The van der Waals surface area contributed by atoms with Crippen LogP contribution in [0.25, 0.3) is 10.8 Å². The number of benzene rings is 3. The molecule has 0 aliphatic rings. The third-order valence-corrected chi connectivity index (χ3v) is 3.83. The van der Waals surface area contributed by atoms with E-state index in [1.54, 1.807) is 6.07 Å². The molecule has 0 aromatic heterocycles. The molecule has 8 nitrogen and oxygen atoms in total. The first-order chi connectivity index (χ1) is 13.5. The Morgan fingerprint density at radius 2 is 1.64 bits per heavy atom. The van der Waals surface area contributed by atoms with Gasteiger partial charge in [0.2, 0.25) is 0 Å². The van der Waals surface area contributed by atoms with Crippen LogP contribution in [-0.2, 0) is 14.3 Å². The normalized spacial score (nSPS) is 10.3. The van der Waals surface area contributed by atoms with E-state index in [1.165, 1.54) is 24.3 Å². The lowest BCUT2D eigenvalue weighted by Gasteiger charge is -2.10. The SMILES string of the molecule is O=C(COC(=O)COc1ccc([N+](=O)[O-])cc1)Nc1cccc2ccccc12. The van der Waals surface area contributed by atoms with Crippen LogP contribution in [0.2, 0.25) is 0 Å². The third-order valence-electron chi connectivity index (χ3n) is 3.83. The number of fused-ring (bicyclic) bond motifs is 1. The number of nitrogens with zero attached hydrogens (tertiary/aromatic N) is 1.